The lowest BCUT2D eigenvalue weighted by molar-refractivity contribution is -0.114. The van der Waals surface area contributed by atoms with Gasteiger partial charge in [0.1, 0.15) is 5.75 Å². The summed E-state index contributed by atoms with van der Waals surface area (Å²) in [5, 5.41) is 2.59. The summed E-state index contributed by atoms with van der Waals surface area (Å²) in [4.78, 5) is 11.4. The molecule has 0 unspecified atom stereocenters. The van der Waals surface area contributed by atoms with Crippen LogP contribution in [0.5, 0.6) is 5.75 Å². The van der Waals surface area contributed by atoms with Gasteiger partial charge in [0.15, 0.2) is 0 Å². The van der Waals surface area contributed by atoms with Gasteiger partial charge < -0.3 is 10.1 Å². The molecule has 1 rings (SSSR count). The van der Waals surface area contributed by atoms with Gasteiger partial charge in [-0.3, -0.25) is 4.79 Å². The maximum absolute atomic E-state index is 12.7. The van der Waals surface area contributed by atoms with Crippen LogP contribution in [0, 0.1) is 0 Å². The number of carbonyl (C=O) groups excluding carboxylic acids is 1. The summed E-state index contributed by atoms with van der Waals surface area (Å²) in [5.74, 6) is 0.138. The van der Waals surface area contributed by atoms with Crippen LogP contribution < -0.4 is 10.1 Å². The van der Waals surface area contributed by atoms with Crippen molar-refractivity contribution in [3.8, 4) is 5.75 Å². The Labute approximate surface area is 132 Å². The van der Waals surface area contributed by atoms with E-state index in [0.29, 0.717) is 24.5 Å². The van der Waals surface area contributed by atoms with E-state index in [1.54, 1.807) is 6.07 Å². The number of rotatable bonds is 8. The monoisotopic (exact) mass is 328 g/mol. The van der Waals surface area contributed by atoms with E-state index in [1.165, 1.54) is 30.5 Å². The lowest BCUT2D eigenvalue weighted by Gasteiger charge is -2.21. The van der Waals surface area contributed by atoms with Crippen molar-refractivity contribution in [1.82, 2.24) is 4.31 Å². The summed E-state index contributed by atoms with van der Waals surface area (Å²) in [5.41, 5.74) is 0.351. The molecule has 0 spiro atoms. The molecule has 1 aromatic carbocycles. The van der Waals surface area contributed by atoms with Crippen LogP contribution in [-0.4, -0.2) is 38.8 Å². The molecule has 0 saturated carbocycles. The van der Waals surface area contributed by atoms with E-state index in [-0.39, 0.29) is 10.8 Å². The number of benzene rings is 1. The van der Waals surface area contributed by atoms with Crippen LogP contribution in [0.1, 0.15) is 33.6 Å². The van der Waals surface area contributed by atoms with Crippen LogP contribution in [0.4, 0.5) is 5.69 Å². The highest BCUT2D eigenvalue weighted by molar-refractivity contribution is 7.89. The van der Waals surface area contributed by atoms with Gasteiger partial charge in [-0.1, -0.05) is 13.8 Å². The van der Waals surface area contributed by atoms with Crippen molar-refractivity contribution >= 4 is 21.6 Å². The highest BCUT2D eigenvalue weighted by Crippen LogP contribution is 2.29. The van der Waals surface area contributed by atoms with Crippen LogP contribution in [0.2, 0.25) is 0 Å². The Morgan fingerprint density at radius 3 is 2.27 bits per heavy atom. The number of methoxy groups -OCH3 is 1. The molecular weight excluding hydrogens is 304 g/mol. The molecule has 0 atom stereocenters. The van der Waals surface area contributed by atoms with Gasteiger partial charge in [-0.25, -0.2) is 8.42 Å². The number of nitrogens with one attached hydrogen (secondary N) is 1. The van der Waals surface area contributed by atoms with Gasteiger partial charge in [-0.05, 0) is 31.0 Å². The summed E-state index contributed by atoms with van der Waals surface area (Å²) in [6, 6.07) is 4.49. The Hall–Kier alpha value is -1.60. The molecule has 0 radical (unpaired) electrons. The minimum absolute atomic E-state index is 0.152. The number of ether oxygens (including phenoxy) is 1. The van der Waals surface area contributed by atoms with Gasteiger partial charge in [-0.15, -0.1) is 0 Å². The SMILES string of the molecule is CCCN(CCC)S(=O)(=O)c1ccc(OC)c(NC(C)=O)c1. The first-order valence-corrected chi connectivity index (χ1v) is 8.76. The maximum atomic E-state index is 12.7. The minimum Gasteiger partial charge on any atom is -0.495 e. The van der Waals surface area contributed by atoms with Crippen LogP contribution in [-0.2, 0) is 14.8 Å². The van der Waals surface area contributed by atoms with Crippen molar-refractivity contribution in [2.45, 2.75) is 38.5 Å². The Morgan fingerprint density at radius 2 is 1.82 bits per heavy atom. The molecule has 0 aliphatic heterocycles. The molecule has 0 fully saturated rings. The largest absolute Gasteiger partial charge is 0.495 e. The lowest BCUT2D eigenvalue weighted by atomic mass is 10.3. The Balaban J connectivity index is 3.26. The molecule has 1 N–H and O–H groups in total. The van der Waals surface area contributed by atoms with Crippen molar-refractivity contribution in [3.63, 3.8) is 0 Å². The Kier molecular flexibility index (Phi) is 6.83. The predicted octanol–water partition coefficient (Wildman–Crippen LogP) is 2.46. The van der Waals surface area contributed by atoms with E-state index < -0.39 is 10.0 Å². The number of sulfonamides is 1. The quantitative estimate of drug-likeness (QED) is 0.795. The second kappa shape index (κ2) is 8.14. The third-order valence-electron chi connectivity index (χ3n) is 3.07. The number of anilines is 1. The zero-order valence-corrected chi connectivity index (χ0v) is 14.4. The lowest BCUT2D eigenvalue weighted by Crippen LogP contribution is -2.32. The molecular formula is C15H24N2O4S. The summed E-state index contributed by atoms with van der Waals surface area (Å²) < 4.78 is 32.1. The number of nitrogens with zero attached hydrogens (tertiary/aromatic N) is 1. The third kappa shape index (κ3) is 4.45. The minimum atomic E-state index is -3.58. The molecule has 0 heterocycles. The average molecular weight is 328 g/mol. The van der Waals surface area contributed by atoms with Gasteiger partial charge in [0.05, 0.1) is 17.7 Å². The van der Waals surface area contributed by atoms with E-state index >= 15 is 0 Å². The molecule has 0 aliphatic rings. The fourth-order valence-electron chi connectivity index (χ4n) is 2.13. The van der Waals surface area contributed by atoms with Crippen LogP contribution in [0.3, 0.4) is 0 Å². The van der Waals surface area contributed by atoms with Gasteiger partial charge in [0.2, 0.25) is 15.9 Å². The fraction of sp³-hybridized carbons (Fsp3) is 0.533. The van der Waals surface area contributed by atoms with Crippen molar-refractivity contribution in [3.05, 3.63) is 18.2 Å². The smallest absolute Gasteiger partial charge is 0.243 e. The summed E-state index contributed by atoms with van der Waals surface area (Å²) >= 11 is 0. The second-order valence-electron chi connectivity index (χ2n) is 4.95. The molecule has 124 valence electrons. The van der Waals surface area contributed by atoms with Gasteiger partial charge in [0.25, 0.3) is 0 Å². The van der Waals surface area contributed by atoms with Crippen molar-refractivity contribution in [1.29, 1.82) is 0 Å². The molecule has 22 heavy (non-hydrogen) atoms. The second-order valence-corrected chi connectivity index (χ2v) is 6.89. The van der Waals surface area contributed by atoms with Crippen molar-refractivity contribution in [2.75, 3.05) is 25.5 Å². The fourth-order valence-corrected chi connectivity index (χ4v) is 3.79. The first kappa shape index (κ1) is 18.4. The van der Waals surface area contributed by atoms with Crippen LogP contribution in [0.25, 0.3) is 0 Å². The van der Waals surface area contributed by atoms with Gasteiger partial charge in [-0.2, -0.15) is 4.31 Å². The molecule has 7 heteroatoms. The Bertz CT molecular complexity index is 608. The maximum Gasteiger partial charge on any atom is 0.243 e. The molecule has 1 amide bonds. The summed E-state index contributed by atoms with van der Waals surface area (Å²) in [6.45, 7) is 6.18. The number of carbonyl (C=O) groups is 1. The molecule has 0 aliphatic carbocycles. The number of hydrogen-bond donors (Lipinski definition) is 1. The predicted molar refractivity (Wildman–Crippen MR) is 86.6 cm³/mol. The van der Waals surface area contributed by atoms with Crippen LogP contribution in [0.15, 0.2) is 23.1 Å². The zero-order chi connectivity index (χ0) is 16.8. The molecule has 0 bridgehead atoms. The third-order valence-corrected chi connectivity index (χ3v) is 4.96. The van der Waals surface area contributed by atoms with Crippen LogP contribution >= 0.6 is 0 Å². The highest BCUT2D eigenvalue weighted by atomic mass is 32.2. The van der Waals surface area contributed by atoms with Gasteiger partial charge >= 0.3 is 0 Å². The molecule has 1 aromatic rings. The molecule has 0 aromatic heterocycles. The average Bonchev–Trinajstić information content (AvgIpc) is 2.46. The first-order chi connectivity index (χ1) is 10.4. The summed E-state index contributed by atoms with van der Waals surface area (Å²) in [7, 11) is -2.11. The van der Waals surface area contributed by atoms with E-state index in [1.807, 2.05) is 13.8 Å². The van der Waals surface area contributed by atoms with E-state index in [2.05, 4.69) is 5.32 Å². The topological polar surface area (TPSA) is 75.7 Å². The first-order valence-electron chi connectivity index (χ1n) is 7.32. The van der Waals surface area contributed by atoms with E-state index in [4.69, 9.17) is 4.74 Å². The molecule has 0 saturated heterocycles. The normalized spacial score (nSPS) is 11.5. The number of amides is 1. The number of hydrogen-bond acceptors (Lipinski definition) is 4. The van der Waals surface area contributed by atoms with Crippen molar-refractivity contribution < 1.29 is 17.9 Å². The van der Waals surface area contributed by atoms with Crippen molar-refractivity contribution in [2.24, 2.45) is 0 Å². The van der Waals surface area contributed by atoms with E-state index in [0.717, 1.165) is 12.8 Å². The summed E-state index contributed by atoms with van der Waals surface area (Å²) in [6.07, 6.45) is 1.49. The van der Waals surface area contributed by atoms with E-state index in [9.17, 15) is 13.2 Å². The van der Waals surface area contributed by atoms with Gasteiger partial charge in [0, 0.05) is 20.0 Å². The highest BCUT2D eigenvalue weighted by Gasteiger charge is 2.24. The molecule has 6 nitrogen and oxygen atoms in total. The standard InChI is InChI=1S/C15H24N2O4S/c1-5-9-17(10-6-2)22(19,20)13-7-8-15(21-4)14(11-13)16-12(3)18/h7-8,11H,5-6,9-10H2,1-4H3,(H,16,18). The zero-order valence-electron chi connectivity index (χ0n) is 13.5. The Morgan fingerprint density at radius 1 is 1.23 bits per heavy atom.